The van der Waals surface area contributed by atoms with Crippen molar-refractivity contribution in [1.29, 1.82) is 0 Å². The van der Waals surface area contributed by atoms with E-state index in [1.165, 1.54) is 0 Å². The lowest BCUT2D eigenvalue weighted by molar-refractivity contribution is 0.269. The standard InChI is InChI=1S/C7H4Cl2F2O/c8-4-1-5(10)3(2-12)7(11)6(4)9/h1,12H,2H2. The molecule has 1 aromatic rings. The summed E-state index contributed by atoms with van der Waals surface area (Å²) in [5.41, 5.74) is -0.468. The van der Waals surface area contributed by atoms with Crippen LogP contribution in [0.25, 0.3) is 0 Å². The summed E-state index contributed by atoms with van der Waals surface area (Å²) in [5, 5.41) is 7.96. The van der Waals surface area contributed by atoms with Crippen molar-refractivity contribution in [2.24, 2.45) is 0 Å². The van der Waals surface area contributed by atoms with Crippen LogP contribution in [-0.2, 0) is 6.61 Å². The van der Waals surface area contributed by atoms with Gasteiger partial charge in [0.1, 0.15) is 5.82 Å². The van der Waals surface area contributed by atoms with E-state index in [1.54, 1.807) is 0 Å². The van der Waals surface area contributed by atoms with E-state index in [0.717, 1.165) is 6.07 Å². The molecule has 1 rings (SSSR count). The van der Waals surface area contributed by atoms with E-state index in [0.29, 0.717) is 0 Å². The number of hydrogen-bond acceptors (Lipinski definition) is 1. The van der Waals surface area contributed by atoms with E-state index < -0.39 is 23.8 Å². The lowest BCUT2D eigenvalue weighted by atomic mass is 10.2. The van der Waals surface area contributed by atoms with Crippen LogP contribution in [-0.4, -0.2) is 5.11 Å². The predicted molar refractivity (Wildman–Crippen MR) is 42.3 cm³/mol. The van der Waals surface area contributed by atoms with E-state index in [2.05, 4.69) is 0 Å². The molecule has 0 aromatic heterocycles. The Labute approximate surface area is 77.5 Å². The molecule has 0 atom stereocenters. The molecule has 1 nitrogen and oxygen atoms in total. The molecule has 0 aliphatic carbocycles. The molecule has 0 fully saturated rings. The van der Waals surface area contributed by atoms with Crippen LogP contribution in [0.2, 0.25) is 10.0 Å². The Balaban J connectivity index is 3.40. The van der Waals surface area contributed by atoms with Crippen molar-refractivity contribution in [1.82, 2.24) is 0 Å². The van der Waals surface area contributed by atoms with Gasteiger partial charge in [-0.15, -0.1) is 0 Å². The van der Waals surface area contributed by atoms with Gasteiger partial charge >= 0.3 is 0 Å². The van der Waals surface area contributed by atoms with Crippen molar-refractivity contribution in [3.63, 3.8) is 0 Å². The van der Waals surface area contributed by atoms with Gasteiger partial charge in [0.15, 0.2) is 5.82 Å². The molecule has 0 radical (unpaired) electrons. The van der Waals surface area contributed by atoms with Crippen molar-refractivity contribution in [2.45, 2.75) is 6.61 Å². The maximum absolute atomic E-state index is 12.9. The molecule has 0 spiro atoms. The van der Waals surface area contributed by atoms with E-state index >= 15 is 0 Å². The highest BCUT2D eigenvalue weighted by molar-refractivity contribution is 6.42. The Hall–Kier alpha value is -0.380. The first-order valence-electron chi connectivity index (χ1n) is 3.00. The summed E-state index contributed by atoms with van der Waals surface area (Å²) in [6.45, 7) is -0.742. The minimum Gasteiger partial charge on any atom is -0.391 e. The number of hydrogen-bond donors (Lipinski definition) is 1. The molecule has 0 saturated heterocycles. The summed E-state index contributed by atoms with van der Waals surface area (Å²) < 4.78 is 25.7. The number of aliphatic hydroxyl groups excluding tert-OH is 1. The fourth-order valence-electron chi connectivity index (χ4n) is 0.749. The molecule has 5 heteroatoms. The van der Waals surface area contributed by atoms with E-state index in [9.17, 15) is 8.78 Å². The summed E-state index contributed by atoms with van der Waals surface area (Å²) in [4.78, 5) is 0. The third kappa shape index (κ3) is 1.53. The average molecular weight is 213 g/mol. The second-order valence-electron chi connectivity index (χ2n) is 2.10. The maximum Gasteiger partial charge on any atom is 0.151 e. The Bertz CT molecular complexity index is 315. The van der Waals surface area contributed by atoms with Crippen molar-refractivity contribution in [3.05, 3.63) is 33.3 Å². The molecule has 1 aromatic carbocycles. The molecule has 0 amide bonds. The monoisotopic (exact) mass is 212 g/mol. The lowest BCUT2D eigenvalue weighted by Crippen LogP contribution is -1.96. The minimum absolute atomic E-state index is 0.205. The first-order chi connectivity index (χ1) is 5.57. The fraction of sp³-hybridized carbons (Fsp3) is 0.143. The van der Waals surface area contributed by atoms with Gasteiger partial charge in [0.25, 0.3) is 0 Å². The van der Waals surface area contributed by atoms with Gasteiger partial charge in [-0.2, -0.15) is 0 Å². The van der Waals surface area contributed by atoms with Gasteiger partial charge in [-0.25, -0.2) is 8.78 Å². The largest absolute Gasteiger partial charge is 0.391 e. The van der Waals surface area contributed by atoms with Crippen molar-refractivity contribution in [2.75, 3.05) is 0 Å². The van der Waals surface area contributed by atoms with Gasteiger partial charge in [0.05, 0.1) is 22.2 Å². The Kier molecular flexibility index (Phi) is 2.88. The van der Waals surface area contributed by atoms with Crippen molar-refractivity contribution in [3.8, 4) is 0 Å². The predicted octanol–water partition coefficient (Wildman–Crippen LogP) is 2.76. The normalized spacial score (nSPS) is 10.4. The van der Waals surface area contributed by atoms with Crippen LogP contribution < -0.4 is 0 Å². The number of rotatable bonds is 1. The van der Waals surface area contributed by atoms with Crippen LogP contribution in [0.1, 0.15) is 5.56 Å². The molecule has 0 bridgehead atoms. The molecule has 0 unspecified atom stereocenters. The summed E-state index contributed by atoms with van der Waals surface area (Å²) in [7, 11) is 0. The van der Waals surface area contributed by atoms with E-state index in [1.807, 2.05) is 0 Å². The Morgan fingerprint density at radius 3 is 2.42 bits per heavy atom. The first kappa shape index (κ1) is 9.71. The zero-order valence-electron chi connectivity index (χ0n) is 5.74. The number of aliphatic hydroxyl groups is 1. The van der Waals surface area contributed by atoms with Gasteiger partial charge in [0, 0.05) is 0 Å². The summed E-state index contributed by atoms with van der Waals surface area (Å²) in [5.74, 6) is -1.91. The highest BCUT2D eigenvalue weighted by Crippen LogP contribution is 2.29. The first-order valence-corrected chi connectivity index (χ1v) is 3.76. The zero-order valence-corrected chi connectivity index (χ0v) is 7.26. The molecule has 12 heavy (non-hydrogen) atoms. The van der Waals surface area contributed by atoms with Gasteiger partial charge in [0.2, 0.25) is 0 Å². The minimum atomic E-state index is -1.01. The summed E-state index contributed by atoms with van der Waals surface area (Å²) in [6.07, 6.45) is 0. The highest BCUT2D eigenvalue weighted by Gasteiger charge is 2.14. The number of benzene rings is 1. The third-order valence-corrected chi connectivity index (χ3v) is 2.13. The molecular formula is C7H4Cl2F2O. The molecule has 0 aliphatic heterocycles. The fourth-order valence-corrected chi connectivity index (χ4v) is 1.10. The van der Waals surface area contributed by atoms with Crippen LogP contribution >= 0.6 is 23.2 Å². The second kappa shape index (κ2) is 3.56. The van der Waals surface area contributed by atoms with Crippen molar-refractivity contribution < 1.29 is 13.9 Å². The molecule has 0 aliphatic rings. The van der Waals surface area contributed by atoms with Gasteiger partial charge in [-0.1, -0.05) is 23.2 Å². The van der Waals surface area contributed by atoms with Gasteiger partial charge in [-0.3, -0.25) is 0 Å². The third-order valence-electron chi connectivity index (χ3n) is 1.37. The lowest BCUT2D eigenvalue weighted by Gasteiger charge is -2.04. The quantitative estimate of drug-likeness (QED) is 0.561. The van der Waals surface area contributed by atoms with Crippen molar-refractivity contribution >= 4 is 23.2 Å². The zero-order chi connectivity index (χ0) is 9.30. The van der Waals surface area contributed by atoms with Crippen LogP contribution in [0.5, 0.6) is 0 Å². The SMILES string of the molecule is OCc1c(F)cc(Cl)c(Cl)c1F. The second-order valence-corrected chi connectivity index (χ2v) is 2.89. The van der Waals surface area contributed by atoms with Crippen LogP contribution in [0.15, 0.2) is 6.07 Å². The molecular weight excluding hydrogens is 209 g/mol. The molecule has 0 heterocycles. The summed E-state index contributed by atoms with van der Waals surface area (Å²) >= 11 is 10.7. The topological polar surface area (TPSA) is 20.2 Å². The maximum atomic E-state index is 12.9. The van der Waals surface area contributed by atoms with Crippen LogP contribution in [0.3, 0.4) is 0 Å². The Morgan fingerprint density at radius 1 is 1.33 bits per heavy atom. The molecule has 0 saturated carbocycles. The van der Waals surface area contributed by atoms with Crippen LogP contribution in [0, 0.1) is 11.6 Å². The average Bonchev–Trinajstić information content (AvgIpc) is 2.01. The van der Waals surface area contributed by atoms with E-state index in [4.69, 9.17) is 28.3 Å². The Morgan fingerprint density at radius 2 is 1.92 bits per heavy atom. The smallest absolute Gasteiger partial charge is 0.151 e. The summed E-state index contributed by atoms with van der Waals surface area (Å²) in [6, 6.07) is 0.860. The van der Waals surface area contributed by atoms with Gasteiger partial charge in [-0.05, 0) is 6.07 Å². The molecule has 66 valence electrons. The highest BCUT2D eigenvalue weighted by atomic mass is 35.5. The van der Waals surface area contributed by atoms with Crippen LogP contribution in [0.4, 0.5) is 8.78 Å². The van der Waals surface area contributed by atoms with E-state index in [-0.39, 0.29) is 10.0 Å². The molecule has 1 N–H and O–H groups in total. The number of halogens is 4. The van der Waals surface area contributed by atoms with Gasteiger partial charge < -0.3 is 5.11 Å².